The predicted octanol–water partition coefficient (Wildman–Crippen LogP) is 2.40. The van der Waals surface area contributed by atoms with Crippen molar-refractivity contribution >= 4 is 28.6 Å². The van der Waals surface area contributed by atoms with E-state index in [0.717, 1.165) is 0 Å². The molecule has 9 heteroatoms. The van der Waals surface area contributed by atoms with Gasteiger partial charge in [-0.25, -0.2) is 15.0 Å². The molecule has 1 unspecified atom stereocenters. The number of nitrogens with one attached hydrogen (secondary N) is 1. The molecule has 1 amide bonds. The number of amides is 1. The number of carbonyl (C=O) groups excluding carboxylic acids is 1. The molecule has 142 valence electrons. The minimum Gasteiger partial charge on any atom is -0.497 e. The maximum absolute atomic E-state index is 12.8. The Morgan fingerprint density at radius 2 is 2.00 bits per heavy atom. The van der Waals surface area contributed by atoms with Crippen LogP contribution in [0.1, 0.15) is 26.8 Å². The monoisotopic (exact) mass is 370 g/mol. The maximum atomic E-state index is 12.8. The average molecular weight is 370 g/mol. The SMILES string of the molecule is COc1ccc(OC(C)C)c(NC(=O)C(C)n2cnc3c(N)ncnc32)c1. The first-order valence-corrected chi connectivity index (χ1v) is 8.49. The van der Waals surface area contributed by atoms with Gasteiger partial charge in [0.1, 0.15) is 29.4 Å². The summed E-state index contributed by atoms with van der Waals surface area (Å²) in [5, 5.41) is 2.89. The van der Waals surface area contributed by atoms with Crippen molar-refractivity contribution in [3.63, 3.8) is 0 Å². The summed E-state index contributed by atoms with van der Waals surface area (Å²) in [5.41, 5.74) is 7.29. The number of benzene rings is 1. The molecule has 0 fully saturated rings. The van der Waals surface area contributed by atoms with Crippen LogP contribution in [0.4, 0.5) is 11.5 Å². The van der Waals surface area contributed by atoms with Crippen molar-refractivity contribution < 1.29 is 14.3 Å². The van der Waals surface area contributed by atoms with Gasteiger partial charge in [0.15, 0.2) is 11.5 Å². The molecular formula is C18H22N6O3. The van der Waals surface area contributed by atoms with E-state index in [9.17, 15) is 4.79 Å². The Hall–Kier alpha value is -3.36. The van der Waals surface area contributed by atoms with Gasteiger partial charge in [-0.05, 0) is 32.9 Å². The van der Waals surface area contributed by atoms with Crippen LogP contribution in [-0.2, 0) is 4.79 Å². The second kappa shape index (κ2) is 7.48. The standard InChI is InChI=1S/C18H22N6O3/c1-10(2)27-14-6-5-12(26-4)7-13(14)23-18(25)11(3)24-9-22-15-16(19)20-8-21-17(15)24/h5-11H,1-4H3,(H,23,25)(H2,19,20,21). The lowest BCUT2D eigenvalue weighted by Crippen LogP contribution is -2.24. The van der Waals surface area contributed by atoms with Crippen molar-refractivity contribution in [3.05, 3.63) is 30.9 Å². The largest absolute Gasteiger partial charge is 0.497 e. The number of aromatic nitrogens is 4. The van der Waals surface area contributed by atoms with Crippen LogP contribution in [0.5, 0.6) is 11.5 Å². The zero-order valence-corrected chi connectivity index (χ0v) is 15.6. The Labute approximate surface area is 156 Å². The van der Waals surface area contributed by atoms with E-state index in [0.29, 0.717) is 28.4 Å². The molecule has 27 heavy (non-hydrogen) atoms. The van der Waals surface area contributed by atoms with E-state index in [2.05, 4.69) is 20.3 Å². The van der Waals surface area contributed by atoms with Gasteiger partial charge in [-0.2, -0.15) is 0 Å². The number of ether oxygens (including phenoxy) is 2. The summed E-state index contributed by atoms with van der Waals surface area (Å²) >= 11 is 0. The molecule has 0 saturated carbocycles. The van der Waals surface area contributed by atoms with Gasteiger partial charge in [-0.15, -0.1) is 0 Å². The third-order valence-electron chi connectivity index (χ3n) is 3.99. The van der Waals surface area contributed by atoms with Crippen molar-refractivity contribution in [2.24, 2.45) is 0 Å². The molecule has 0 spiro atoms. The van der Waals surface area contributed by atoms with Crippen molar-refractivity contribution in [1.29, 1.82) is 0 Å². The van der Waals surface area contributed by atoms with E-state index >= 15 is 0 Å². The molecule has 2 aromatic heterocycles. The zero-order valence-electron chi connectivity index (χ0n) is 15.6. The topological polar surface area (TPSA) is 117 Å². The summed E-state index contributed by atoms with van der Waals surface area (Å²) in [6.45, 7) is 5.58. The van der Waals surface area contributed by atoms with Crippen molar-refractivity contribution in [3.8, 4) is 11.5 Å². The third-order valence-corrected chi connectivity index (χ3v) is 3.99. The zero-order chi connectivity index (χ0) is 19.6. The summed E-state index contributed by atoms with van der Waals surface area (Å²) in [5.74, 6) is 1.19. The molecule has 9 nitrogen and oxygen atoms in total. The molecule has 0 bridgehead atoms. The summed E-state index contributed by atoms with van der Waals surface area (Å²) in [7, 11) is 1.56. The first-order chi connectivity index (χ1) is 12.9. The lowest BCUT2D eigenvalue weighted by Gasteiger charge is -2.18. The number of hydrogen-bond acceptors (Lipinski definition) is 7. The van der Waals surface area contributed by atoms with Crippen molar-refractivity contribution in [1.82, 2.24) is 19.5 Å². The van der Waals surface area contributed by atoms with Crippen LogP contribution in [0, 0.1) is 0 Å². The maximum Gasteiger partial charge on any atom is 0.247 e. The number of methoxy groups -OCH3 is 1. The van der Waals surface area contributed by atoms with Crippen LogP contribution in [0.2, 0.25) is 0 Å². The fraction of sp³-hybridized carbons (Fsp3) is 0.333. The van der Waals surface area contributed by atoms with Gasteiger partial charge in [0.25, 0.3) is 0 Å². The molecule has 0 aliphatic rings. The highest BCUT2D eigenvalue weighted by molar-refractivity contribution is 5.96. The number of fused-ring (bicyclic) bond motifs is 1. The van der Waals surface area contributed by atoms with Crippen molar-refractivity contribution in [2.75, 3.05) is 18.2 Å². The lowest BCUT2D eigenvalue weighted by atomic mass is 10.2. The molecular weight excluding hydrogens is 348 g/mol. The molecule has 3 rings (SSSR count). The molecule has 0 aliphatic heterocycles. The average Bonchev–Trinajstić information content (AvgIpc) is 3.07. The fourth-order valence-electron chi connectivity index (χ4n) is 2.61. The van der Waals surface area contributed by atoms with Crippen molar-refractivity contribution in [2.45, 2.75) is 32.9 Å². The third kappa shape index (κ3) is 3.76. The molecule has 1 aromatic carbocycles. The number of rotatable bonds is 6. The highest BCUT2D eigenvalue weighted by Crippen LogP contribution is 2.31. The highest BCUT2D eigenvalue weighted by atomic mass is 16.5. The van der Waals surface area contributed by atoms with Crippen LogP contribution in [0.15, 0.2) is 30.9 Å². The Bertz CT molecular complexity index is 969. The van der Waals surface area contributed by atoms with Crippen LogP contribution in [0.25, 0.3) is 11.2 Å². The van der Waals surface area contributed by atoms with Crippen LogP contribution >= 0.6 is 0 Å². The van der Waals surface area contributed by atoms with Crippen LogP contribution in [-0.4, -0.2) is 38.6 Å². The molecule has 2 heterocycles. The lowest BCUT2D eigenvalue weighted by molar-refractivity contribution is -0.118. The molecule has 0 radical (unpaired) electrons. The Kier molecular flexibility index (Phi) is 5.11. The molecule has 0 saturated heterocycles. The van der Waals surface area contributed by atoms with Crippen LogP contribution in [0.3, 0.4) is 0 Å². The first kappa shape index (κ1) is 18.4. The fourth-order valence-corrected chi connectivity index (χ4v) is 2.61. The van der Waals surface area contributed by atoms with Gasteiger partial charge in [-0.1, -0.05) is 0 Å². The summed E-state index contributed by atoms with van der Waals surface area (Å²) in [4.78, 5) is 25.1. The summed E-state index contributed by atoms with van der Waals surface area (Å²) in [6, 6.07) is 4.68. The van der Waals surface area contributed by atoms with E-state index in [-0.39, 0.29) is 17.8 Å². The van der Waals surface area contributed by atoms with Gasteiger partial charge in [0, 0.05) is 6.07 Å². The van der Waals surface area contributed by atoms with Gasteiger partial charge >= 0.3 is 0 Å². The van der Waals surface area contributed by atoms with E-state index < -0.39 is 6.04 Å². The van der Waals surface area contributed by atoms with E-state index in [1.165, 1.54) is 12.7 Å². The normalized spacial score (nSPS) is 12.2. The second-order valence-corrected chi connectivity index (χ2v) is 6.28. The Balaban J connectivity index is 1.89. The molecule has 3 aromatic rings. The number of nitrogen functional groups attached to an aromatic ring is 1. The predicted molar refractivity (Wildman–Crippen MR) is 102 cm³/mol. The van der Waals surface area contributed by atoms with E-state index in [4.69, 9.17) is 15.2 Å². The number of nitrogens with two attached hydrogens (primary N) is 1. The van der Waals surface area contributed by atoms with E-state index in [1.807, 2.05) is 13.8 Å². The Morgan fingerprint density at radius 1 is 1.22 bits per heavy atom. The van der Waals surface area contributed by atoms with Gasteiger partial charge in [0.05, 0.1) is 25.2 Å². The van der Waals surface area contributed by atoms with E-state index in [1.54, 1.807) is 36.8 Å². The smallest absolute Gasteiger partial charge is 0.247 e. The minimum absolute atomic E-state index is 0.0382. The summed E-state index contributed by atoms with van der Waals surface area (Å²) in [6.07, 6.45) is 2.83. The van der Waals surface area contributed by atoms with Gasteiger partial charge in [0.2, 0.25) is 5.91 Å². The number of anilines is 2. The second-order valence-electron chi connectivity index (χ2n) is 6.28. The molecule has 3 N–H and O–H groups in total. The number of hydrogen-bond donors (Lipinski definition) is 2. The molecule has 0 aliphatic carbocycles. The Morgan fingerprint density at radius 3 is 2.70 bits per heavy atom. The number of nitrogens with zero attached hydrogens (tertiary/aromatic N) is 4. The molecule has 1 atom stereocenters. The van der Waals surface area contributed by atoms with Crippen LogP contribution < -0.4 is 20.5 Å². The quantitative estimate of drug-likeness (QED) is 0.684. The number of imidazole rings is 1. The summed E-state index contributed by atoms with van der Waals surface area (Å²) < 4.78 is 12.7. The highest BCUT2D eigenvalue weighted by Gasteiger charge is 2.21. The first-order valence-electron chi connectivity index (χ1n) is 8.49. The number of carbonyl (C=O) groups is 1. The van der Waals surface area contributed by atoms with Gasteiger partial charge < -0.3 is 25.1 Å². The van der Waals surface area contributed by atoms with Gasteiger partial charge in [-0.3, -0.25) is 4.79 Å². The minimum atomic E-state index is -0.581.